The summed E-state index contributed by atoms with van der Waals surface area (Å²) in [6.45, 7) is 14.5. The second-order valence-electron chi connectivity index (χ2n) is 20.9. The number of hydrogen-bond acceptors (Lipinski definition) is 9. The van der Waals surface area contributed by atoms with Crippen molar-refractivity contribution in [2.75, 3.05) is 20.6 Å². The molecule has 2 aliphatic carbocycles. The fourth-order valence-electron chi connectivity index (χ4n) is 9.36. The van der Waals surface area contributed by atoms with Crippen LogP contribution in [0.1, 0.15) is 141 Å². The quantitative estimate of drug-likeness (QED) is 0.110. The summed E-state index contributed by atoms with van der Waals surface area (Å²) in [5, 5.41) is 24.0. The molecule has 16 nitrogen and oxygen atoms in total. The highest BCUT2D eigenvalue weighted by atomic mass is 16.2. The number of carbonyl (C=O) groups is 7. The van der Waals surface area contributed by atoms with E-state index in [-0.39, 0.29) is 73.8 Å². The maximum absolute atomic E-state index is 14.6. The third kappa shape index (κ3) is 13.9. The number of nitrogens with zero attached hydrogens (tertiary/aromatic N) is 1. The first-order valence-corrected chi connectivity index (χ1v) is 24.2. The lowest BCUT2D eigenvalue weighted by Gasteiger charge is -2.36. The first-order valence-electron chi connectivity index (χ1n) is 24.2. The minimum Gasteiger partial charge on any atom is -0.351 e. The van der Waals surface area contributed by atoms with Gasteiger partial charge in [0.25, 0.3) is 0 Å². The predicted octanol–water partition coefficient (Wildman–Crippen LogP) is 3.39. The smallest absolute Gasteiger partial charge is 0.246 e. The molecule has 7 amide bonds. The molecule has 2 aromatic carbocycles. The van der Waals surface area contributed by atoms with Gasteiger partial charge in [-0.25, -0.2) is 0 Å². The van der Waals surface area contributed by atoms with Crippen LogP contribution in [-0.4, -0.2) is 109 Å². The average Bonchev–Trinajstić information content (AvgIpc) is 3.71. The second kappa shape index (κ2) is 23.1. The van der Waals surface area contributed by atoms with Crippen molar-refractivity contribution >= 4 is 41.4 Å². The van der Waals surface area contributed by atoms with E-state index in [0.717, 1.165) is 49.7 Å². The molecule has 5 rings (SSSR count). The highest BCUT2D eigenvalue weighted by molar-refractivity contribution is 5.95. The predicted molar refractivity (Wildman–Crippen MR) is 258 cm³/mol. The normalized spacial score (nSPS) is 21.5. The van der Waals surface area contributed by atoms with Crippen LogP contribution >= 0.6 is 0 Å². The minimum atomic E-state index is -1.02. The fraction of sp³-hybridized carbons (Fsp3) is 0.627. The van der Waals surface area contributed by atoms with Crippen molar-refractivity contribution in [2.24, 2.45) is 10.8 Å². The highest BCUT2D eigenvalue weighted by Gasteiger charge is 2.46. The van der Waals surface area contributed by atoms with E-state index in [4.69, 9.17) is 0 Å². The van der Waals surface area contributed by atoms with Gasteiger partial charge in [-0.15, -0.1) is 0 Å². The van der Waals surface area contributed by atoms with E-state index < -0.39 is 64.9 Å². The highest BCUT2D eigenvalue weighted by Crippen LogP contribution is 2.32. The maximum atomic E-state index is 14.6. The first kappa shape index (κ1) is 52.6. The SMILES string of the molecule is CN[C@@H](C)C(=O)N[C@H](C(=O)N[C@@H](CCCC(=O)N[C@H]1C[C@@H](C(=O)N[C@@H]2CCCc3ccccc32)N(C(=O)[C@@H](NC(=O)[C@H](C)NC)C(C)(C)C)C1)C(=O)N[C@@H]1CCCc2ccccc21)C(C)(C)C. The summed E-state index contributed by atoms with van der Waals surface area (Å²) in [5.41, 5.74) is 3.02. The third-order valence-electron chi connectivity index (χ3n) is 13.6. The first-order chi connectivity index (χ1) is 31.6. The van der Waals surface area contributed by atoms with Crippen LogP contribution in [0.15, 0.2) is 48.5 Å². The Bertz CT molecular complexity index is 2100. The van der Waals surface area contributed by atoms with Gasteiger partial charge in [0, 0.05) is 19.0 Å². The Morgan fingerprint density at radius 1 is 0.642 bits per heavy atom. The lowest BCUT2D eigenvalue weighted by molar-refractivity contribution is -0.144. The molecule has 1 fully saturated rings. The summed E-state index contributed by atoms with van der Waals surface area (Å²) in [4.78, 5) is 98.6. The Balaban J connectivity index is 1.32. The van der Waals surface area contributed by atoms with Crippen LogP contribution in [0.25, 0.3) is 0 Å². The number of rotatable bonds is 18. The molecule has 0 bridgehead atoms. The van der Waals surface area contributed by atoms with Gasteiger partial charge in [0.15, 0.2) is 0 Å². The second-order valence-corrected chi connectivity index (χ2v) is 20.9. The van der Waals surface area contributed by atoms with Gasteiger partial charge in [-0.3, -0.25) is 33.6 Å². The zero-order valence-electron chi connectivity index (χ0n) is 41.4. The molecule has 0 aromatic heterocycles. The number of nitrogens with one attached hydrogen (secondary N) is 8. The average molecular weight is 928 g/mol. The van der Waals surface area contributed by atoms with Crippen molar-refractivity contribution in [1.29, 1.82) is 0 Å². The van der Waals surface area contributed by atoms with Crippen LogP contribution in [0.2, 0.25) is 0 Å². The molecule has 0 radical (unpaired) electrons. The van der Waals surface area contributed by atoms with Gasteiger partial charge in [0.05, 0.1) is 24.2 Å². The number of likely N-dealkylation sites (N-methyl/N-ethyl adjacent to an activating group) is 2. The molecule has 1 saturated heterocycles. The van der Waals surface area contributed by atoms with Crippen molar-refractivity contribution in [3.8, 4) is 0 Å². The molecule has 9 atom stereocenters. The molecular formula is C51H77N9O7. The van der Waals surface area contributed by atoms with Gasteiger partial charge in [-0.2, -0.15) is 0 Å². The van der Waals surface area contributed by atoms with E-state index in [1.807, 2.05) is 77.9 Å². The van der Waals surface area contributed by atoms with Crippen molar-refractivity contribution < 1.29 is 33.6 Å². The molecule has 1 heterocycles. The van der Waals surface area contributed by atoms with Crippen molar-refractivity contribution in [3.63, 3.8) is 0 Å². The van der Waals surface area contributed by atoms with E-state index in [1.165, 1.54) is 16.0 Å². The number of carbonyl (C=O) groups excluding carboxylic acids is 7. The number of hydrogen-bond donors (Lipinski definition) is 8. The van der Waals surface area contributed by atoms with E-state index in [1.54, 1.807) is 27.9 Å². The minimum absolute atomic E-state index is 0.00617. The Labute approximate surface area is 397 Å². The molecule has 3 aliphatic rings. The molecule has 67 heavy (non-hydrogen) atoms. The van der Waals surface area contributed by atoms with Gasteiger partial charge in [0.2, 0.25) is 41.4 Å². The Kier molecular flexibility index (Phi) is 18.1. The van der Waals surface area contributed by atoms with Crippen molar-refractivity contribution in [1.82, 2.24) is 47.4 Å². The fourth-order valence-corrected chi connectivity index (χ4v) is 9.36. The van der Waals surface area contributed by atoms with Crippen LogP contribution in [0.5, 0.6) is 0 Å². The topological polar surface area (TPSA) is 219 Å². The lowest BCUT2D eigenvalue weighted by atomic mass is 9.85. The van der Waals surface area contributed by atoms with E-state index >= 15 is 0 Å². The zero-order valence-corrected chi connectivity index (χ0v) is 41.4. The molecular weight excluding hydrogens is 851 g/mol. The molecule has 2 aromatic rings. The van der Waals surface area contributed by atoms with Gasteiger partial charge in [-0.1, -0.05) is 90.1 Å². The molecule has 0 saturated carbocycles. The molecule has 368 valence electrons. The lowest BCUT2D eigenvalue weighted by Crippen LogP contribution is -2.59. The summed E-state index contributed by atoms with van der Waals surface area (Å²) >= 11 is 0. The Morgan fingerprint density at radius 2 is 1.15 bits per heavy atom. The van der Waals surface area contributed by atoms with E-state index in [9.17, 15) is 33.6 Å². The molecule has 16 heteroatoms. The number of aryl methyl sites for hydroxylation is 2. The number of likely N-dealkylation sites (tertiary alicyclic amines) is 1. The van der Waals surface area contributed by atoms with Crippen LogP contribution in [0.3, 0.4) is 0 Å². The van der Waals surface area contributed by atoms with Crippen molar-refractivity contribution in [2.45, 2.75) is 174 Å². The standard InChI is InChI=1S/C51H77N9O7/c1-30(52-9)44(62)58-42(50(3,4)5)48(66)57-39(46(64)55-37-24-15-20-32-18-11-13-22-35(32)37)26-17-27-41(61)54-34-28-40(47(65)56-38-25-16-21-33-19-12-14-23-36(33)38)60(29-34)49(67)43(51(6,7)8)59-45(63)31(2)53-10/h11-14,18-19,22-23,30-31,34,37-40,42-43,52-53H,15-17,20-21,24-29H2,1-10H3,(H,54,61)(H,55,64)(H,56,65)(H,57,66)(H,58,62)(H,59,63)/t30-,31-,34-,37+,38+,39-,40-,42+,43+/m0/s1. The summed E-state index contributed by atoms with van der Waals surface area (Å²) in [6.07, 6.45) is 5.60. The van der Waals surface area contributed by atoms with Gasteiger partial charge >= 0.3 is 0 Å². The van der Waals surface area contributed by atoms with Gasteiger partial charge in [0.1, 0.15) is 24.2 Å². The van der Waals surface area contributed by atoms with Gasteiger partial charge in [-0.05, 0) is 119 Å². The summed E-state index contributed by atoms with van der Waals surface area (Å²) in [5.74, 6) is -2.70. The number of amides is 7. The summed E-state index contributed by atoms with van der Waals surface area (Å²) in [6, 6.07) is 9.97. The van der Waals surface area contributed by atoms with Crippen LogP contribution in [0.4, 0.5) is 0 Å². The number of benzene rings is 2. The van der Waals surface area contributed by atoms with E-state index in [2.05, 4.69) is 54.7 Å². The molecule has 0 spiro atoms. The maximum Gasteiger partial charge on any atom is 0.246 e. The molecule has 8 N–H and O–H groups in total. The largest absolute Gasteiger partial charge is 0.351 e. The molecule has 1 aliphatic heterocycles. The Morgan fingerprint density at radius 3 is 1.67 bits per heavy atom. The van der Waals surface area contributed by atoms with E-state index in [0.29, 0.717) is 0 Å². The summed E-state index contributed by atoms with van der Waals surface area (Å²) < 4.78 is 0. The monoisotopic (exact) mass is 928 g/mol. The third-order valence-corrected chi connectivity index (χ3v) is 13.6. The van der Waals surface area contributed by atoms with Gasteiger partial charge < -0.3 is 47.4 Å². The Hall–Kier alpha value is -5.35. The van der Waals surface area contributed by atoms with Crippen LogP contribution in [0, 0.1) is 10.8 Å². The van der Waals surface area contributed by atoms with Crippen LogP contribution < -0.4 is 42.5 Å². The van der Waals surface area contributed by atoms with Crippen molar-refractivity contribution in [3.05, 3.63) is 70.8 Å². The molecule has 0 unspecified atom stereocenters. The number of fused-ring (bicyclic) bond motifs is 2. The van der Waals surface area contributed by atoms with Crippen LogP contribution in [-0.2, 0) is 46.4 Å². The summed E-state index contributed by atoms with van der Waals surface area (Å²) in [7, 11) is 3.32. The zero-order chi connectivity index (χ0) is 49.2.